The number of hydrogen-bond donors (Lipinski definition) is 2. The van der Waals surface area contributed by atoms with Gasteiger partial charge in [0.15, 0.2) is 9.84 Å². The van der Waals surface area contributed by atoms with Gasteiger partial charge in [-0.3, -0.25) is 4.79 Å². The van der Waals surface area contributed by atoms with Crippen LogP contribution in [0.2, 0.25) is 0 Å². The minimum Gasteiger partial charge on any atom is -0.492 e. The van der Waals surface area contributed by atoms with Gasteiger partial charge in [-0.15, -0.1) is 0 Å². The molecule has 1 amide bonds. The number of nitrogens with one attached hydrogen (secondary N) is 2. The molecule has 7 heteroatoms. The Balaban J connectivity index is 1.89. The molecule has 21 heavy (non-hydrogen) atoms. The van der Waals surface area contributed by atoms with Crippen LogP contribution in [-0.2, 0) is 14.6 Å². The lowest BCUT2D eigenvalue weighted by Gasteiger charge is -2.12. The van der Waals surface area contributed by atoms with Gasteiger partial charge in [-0.2, -0.15) is 0 Å². The average molecular weight is 312 g/mol. The van der Waals surface area contributed by atoms with Gasteiger partial charge in [-0.25, -0.2) is 8.42 Å². The van der Waals surface area contributed by atoms with Crippen LogP contribution in [-0.4, -0.2) is 45.5 Å². The SMILES string of the molecule is CS(=O)(=O)CCOc1cccc(NC(=O)C2CCCN2)c1. The molecule has 0 saturated carbocycles. The Morgan fingerprint density at radius 2 is 2.29 bits per heavy atom. The highest BCUT2D eigenvalue weighted by Crippen LogP contribution is 2.18. The third-order valence-corrected chi connectivity index (χ3v) is 4.11. The van der Waals surface area contributed by atoms with Crippen molar-refractivity contribution in [3.8, 4) is 5.75 Å². The monoisotopic (exact) mass is 312 g/mol. The van der Waals surface area contributed by atoms with Gasteiger partial charge in [0, 0.05) is 18.0 Å². The predicted octanol–water partition coefficient (Wildman–Crippen LogP) is 0.800. The maximum atomic E-state index is 12.0. The van der Waals surface area contributed by atoms with Crippen molar-refractivity contribution < 1.29 is 17.9 Å². The summed E-state index contributed by atoms with van der Waals surface area (Å²) in [4.78, 5) is 12.0. The molecule has 1 aliphatic rings. The van der Waals surface area contributed by atoms with Gasteiger partial charge < -0.3 is 15.4 Å². The van der Waals surface area contributed by atoms with Crippen molar-refractivity contribution in [1.29, 1.82) is 0 Å². The summed E-state index contributed by atoms with van der Waals surface area (Å²) in [6.07, 6.45) is 3.02. The van der Waals surface area contributed by atoms with E-state index in [-0.39, 0.29) is 24.3 Å². The quantitative estimate of drug-likeness (QED) is 0.812. The highest BCUT2D eigenvalue weighted by atomic mass is 32.2. The van der Waals surface area contributed by atoms with E-state index in [9.17, 15) is 13.2 Å². The van der Waals surface area contributed by atoms with Crippen LogP contribution in [0, 0.1) is 0 Å². The molecule has 1 saturated heterocycles. The molecule has 0 spiro atoms. The molecule has 1 aliphatic heterocycles. The van der Waals surface area contributed by atoms with Crippen LogP contribution in [0.15, 0.2) is 24.3 Å². The molecule has 1 aromatic carbocycles. The van der Waals surface area contributed by atoms with E-state index in [2.05, 4.69) is 10.6 Å². The van der Waals surface area contributed by atoms with E-state index in [1.165, 1.54) is 6.26 Å². The van der Waals surface area contributed by atoms with E-state index in [1.807, 2.05) is 0 Å². The van der Waals surface area contributed by atoms with Crippen molar-refractivity contribution in [3.05, 3.63) is 24.3 Å². The van der Waals surface area contributed by atoms with Crippen LogP contribution < -0.4 is 15.4 Å². The highest BCUT2D eigenvalue weighted by Gasteiger charge is 2.21. The van der Waals surface area contributed by atoms with Crippen LogP contribution >= 0.6 is 0 Å². The zero-order valence-electron chi connectivity index (χ0n) is 12.0. The molecule has 0 radical (unpaired) electrons. The maximum absolute atomic E-state index is 12.0. The number of anilines is 1. The molecule has 0 aromatic heterocycles. The normalized spacial score (nSPS) is 18.4. The van der Waals surface area contributed by atoms with Gasteiger partial charge in [0.2, 0.25) is 5.91 Å². The van der Waals surface area contributed by atoms with E-state index < -0.39 is 9.84 Å². The molecule has 1 unspecified atom stereocenters. The van der Waals surface area contributed by atoms with Crippen molar-refractivity contribution in [2.45, 2.75) is 18.9 Å². The zero-order valence-corrected chi connectivity index (χ0v) is 12.8. The summed E-state index contributed by atoms with van der Waals surface area (Å²) >= 11 is 0. The van der Waals surface area contributed by atoms with E-state index in [0.717, 1.165) is 19.4 Å². The fraction of sp³-hybridized carbons (Fsp3) is 0.500. The van der Waals surface area contributed by atoms with Crippen molar-refractivity contribution in [1.82, 2.24) is 5.32 Å². The number of carbonyl (C=O) groups excluding carboxylic acids is 1. The smallest absolute Gasteiger partial charge is 0.241 e. The van der Waals surface area contributed by atoms with Crippen LogP contribution in [0.1, 0.15) is 12.8 Å². The van der Waals surface area contributed by atoms with Crippen LogP contribution in [0.4, 0.5) is 5.69 Å². The zero-order chi connectivity index (χ0) is 15.3. The van der Waals surface area contributed by atoms with Gasteiger partial charge in [0.1, 0.15) is 12.4 Å². The highest BCUT2D eigenvalue weighted by molar-refractivity contribution is 7.90. The second-order valence-corrected chi connectivity index (χ2v) is 7.40. The molecule has 1 aromatic rings. The first kappa shape index (κ1) is 15.8. The lowest BCUT2D eigenvalue weighted by molar-refractivity contribution is -0.117. The van der Waals surface area contributed by atoms with Gasteiger partial charge in [-0.1, -0.05) is 6.07 Å². The van der Waals surface area contributed by atoms with Crippen molar-refractivity contribution in [2.24, 2.45) is 0 Å². The molecule has 2 rings (SSSR count). The number of ether oxygens (including phenoxy) is 1. The number of carbonyl (C=O) groups is 1. The molecule has 6 nitrogen and oxygen atoms in total. The molecular formula is C14H20N2O4S. The first-order chi connectivity index (χ1) is 9.94. The molecule has 0 aliphatic carbocycles. The Hall–Kier alpha value is -1.60. The largest absolute Gasteiger partial charge is 0.492 e. The number of amides is 1. The Morgan fingerprint density at radius 3 is 2.95 bits per heavy atom. The number of benzene rings is 1. The van der Waals surface area contributed by atoms with Gasteiger partial charge in [-0.05, 0) is 31.5 Å². The summed E-state index contributed by atoms with van der Waals surface area (Å²) in [6, 6.07) is 6.81. The summed E-state index contributed by atoms with van der Waals surface area (Å²) < 4.78 is 27.5. The van der Waals surface area contributed by atoms with Crippen LogP contribution in [0.3, 0.4) is 0 Å². The van der Waals surface area contributed by atoms with Crippen molar-refractivity contribution >= 4 is 21.4 Å². The summed E-state index contributed by atoms with van der Waals surface area (Å²) in [7, 11) is -3.04. The van der Waals surface area contributed by atoms with Gasteiger partial charge in [0.05, 0.1) is 11.8 Å². The molecule has 0 bridgehead atoms. The maximum Gasteiger partial charge on any atom is 0.241 e. The lowest BCUT2D eigenvalue weighted by Crippen LogP contribution is -2.35. The third kappa shape index (κ3) is 5.35. The summed E-state index contributed by atoms with van der Waals surface area (Å²) in [5.74, 6) is 0.451. The molecular weight excluding hydrogens is 292 g/mol. The first-order valence-corrected chi connectivity index (χ1v) is 8.95. The number of hydrogen-bond acceptors (Lipinski definition) is 5. The van der Waals surface area contributed by atoms with Gasteiger partial charge >= 0.3 is 0 Å². The minimum atomic E-state index is -3.04. The summed E-state index contributed by atoms with van der Waals surface area (Å²) in [5.41, 5.74) is 0.644. The van der Waals surface area contributed by atoms with E-state index >= 15 is 0 Å². The molecule has 1 fully saturated rings. The first-order valence-electron chi connectivity index (χ1n) is 6.89. The van der Waals surface area contributed by atoms with Crippen molar-refractivity contribution in [3.63, 3.8) is 0 Å². The Kier molecular flexibility index (Phi) is 5.19. The summed E-state index contributed by atoms with van der Waals surface area (Å²) in [6.45, 7) is 0.965. The van der Waals surface area contributed by atoms with Gasteiger partial charge in [0.25, 0.3) is 0 Å². The van der Waals surface area contributed by atoms with Crippen LogP contribution in [0.25, 0.3) is 0 Å². The second-order valence-electron chi connectivity index (χ2n) is 5.14. The topological polar surface area (TPSA) is 84.5 Å². The van der Waals surface area contributed by atoms with Crippen molar-refractivity contribution in [2.75, 3.05) is 30.5 Å². The molecule has 1 heterocycles. The van der Waals surface area contributed by atoms with Crippen LogP contribution in [0.5, 0.6) is 5.75 Å². The number of rotatable bonds is 6. The average Bonchev–Trinajstić information content (AvgIpc) is 2.91. The van der Waals surface area contributed by atoms with E-state index in [1.54, 1.807) is 24.3 Å². The molecule has 116 valence electrons. The predicted molar refractivity (Wildman–Crippen MR) is 81.3 cm³/mol. The van der Waals surface area contributed by atoms with E-state index in [0.29, 0.717) is 11.4 Å². The Morgan fingerprint density at radius 1 is 1.48 bits per heavy atom. The lowest BCUT2D eigenvalue weighted by atomic mass is 10.2. The minimum absolute atomic E-state index is 0.0322. The fourth-order valence-electron chi connectivity index (χ4n) is 2.11. The Bertz CT molecular complexity index is 595. The summed E-state index contributed by atoms with van der Waals surface area (Å²) in [5, 5.41) is 5.96. The number of sulfone groups is 1. The fourth-order valence-corrected chi connectivity index (χ4v) is 2.50. The second kappa shape index (κ2) is 6.91. The Labute approximate surface area is 124 Å². The molecule has 1 atom stereocenters. The third-order valence-electron chi connectivity index (χ3n) is 3.20. The standard InChI is InChI=1S/C14H20N2O4S/c1-21(18,19)9-8-20-12-5-2-4-11(10-12)16-14(17)13-6-3-7-15-13/h2,4-5,10,13,15H,3,6-9H2,1H3,(H,16,17). The van der Waals surface area contributed by atoms with E-state index in [4.69, 9.17) is 4.74 Å². The molecule has 2 N–H and O–H groups in total.